The number of para-hydroxylation sites is 1. The fraction of sp³-hybridized carbons (Fsp3) is 0.625. The van der Waals surface area contributed by atoms with Crippen LogP contribution in [0, 0.1) is 5.92 Å². The lowest BCUT2D eigenvalue weighted by Gasteiger charge is -2.37. The summed E-state index contributed by atoms with van der Waals surface area (Å²) in [6, 6.07) is 8.81. The number of hydrogen-bond acceptors (Lipinski definition) is 3. The summed E-state index contributed by atoms with van der Waals surface area (Å²) in [7, 11) is 3.80. The molecule has 0 amide bonds. The maximum atomic E-state index is 5.49. The molecule has 3 nitrogen and oxygen atoms in total. The molecule has 0 spiro atoms. The molecule has 3 heteroatoms. The zero-order valence-electron chi connectivity index (χ0n) is 12.4. The summed E-state index contributed by atoms with van der Waals surface area (Å²) in [5, 5.41) is 3.31. The van der Waals surface area contributed by atoms with Gasteiger partial charge in [0.1, 0.15) is 5.75 Å². The van der Waals surface area contributed by atoms with Crippen molar-refractivity contribution < 1.29 is 4.74 Å². The zero-order chi connectivity index (χ0) is 13.7. The second-order valence-electron chi connectivity index (χ2n) is 5.48. The maximum absolute atomic E-state index is 5.49. The van der Waals surface area contributed by atoms with Gasteiger partial charge in [-0.15, -0.1) is 0 Å². The highest BCUT2D eigenvalue weighted by molar-refractivity contribution is 5.35. The first-order valence-electron chi connectivity index (χ1n) is 7.27. The van der Waals surface area contributed by atoms with E-state index in [-0.39, 0.29) is 0 Å². The minimum Gasteiger partial charge on any atom is -0.496 e. The van der Waals surface area contributed by atoms with E-state index in [1.54, 1.807) is 7.11 Å². The van der Waals surface area contributed by atoms with Gasteiger partial charge in [0, 0.05) is 18.2 Å². The van der Waals surface area contributed by atoms with Gasteiger partial charge in [0.2, 0.25) is 0 Å². The Morgan fingerprint density at radius 3 is 2.95 bits per heavy atom. The highest BCUT2D eigenvalue weighted by Crippen LogP contribution is 2.31. The molecule has 1 fully saturated rings. The second kappa shape index (κ2) is 6.92. The Bertz CT molecular complexity index is 392. The van der Waals surface area contributed by atoms with E-state index in [0.29, 0.717) is 6.04 Å². The second-order valence-corrected chi connectivity index (χ2v) is 5.48. The van der Waals surface area contributed by atoms with E-state index < -0.39 is 0 Å². The van der Waals surface area contributed by atoms with Gasteiger partial charge in [0.25, 0.3) is 0 Å². The summed E-state index contributed by atoms with van der Waals surface area (Å²) < 4.78 is 5.49. The fourth-order valence-corrected chi connectivity index (χ4v) is 3.11. The third kappa shape index (κ3) is 3.48. The van der Waals surface area contributed by atoms with Crippen molar-refractivity contribution in [2.75, 3.05) is 33.8 Å². The lowest BCUT2D eigenvalue weighted by Crippen LogP contribution is -2.40. The maximum Gasteiger partial charge on any atom is 0.123 e. The third-order valence-electron chi connectivity index (χ3n) is 4.18. The van der Waals surface area contributed by atoms with Crippen LogP contribution in [0.2, 0.25) is 0 Å². The number of hydrogen-bond donors (Lipinski definition) is 1. The largest absolute Gasteiger partial charge is 0.496 e. The Hall–Kier alpha value is -1.06. The minimum atomic E-state index is 0.427. The van der Waals surface area contributed by atoms with Gasteiger partial charge in [-0.05, 0) is 51.9 Å². The van der Waals surface area contributed by atoms with E-state index >= 15 is 0 Å². The van der Waals surface area contributed by atoms with Gasteiger partial charge in [0.05, 0.1) is 7.11 Å². The standard InChI is InChI=1S/C16H26N2O/c1-13(15-8-4-5-9-16(15)19-3)18-10-6-7-14(12-18)11-17-2/h4-5,8-9,13-14,17H,6-7,10-12H2,1-3H3. The molecule has 1 aliphatic heterocycles. The fourth-order valence-electron chi connectivity index (χ4n) is 3.11. The summed E-state index contributed by atoms with van der Waals surface area (Å²) in [6.45, 7) is 5.79. The van der Waals surface area contributed by atoms with Gasteiger partial charge in [-0.2, -0.15) is 0 Å². The molecule has 1 aliphatic rings. The molecule has 2 unspecified atom stereocenters. The van der Waals surface area contributed by atoms with Gasteiger partial charge < -0.3 is 10.1 Å². The molecule has 1 N–H and O–H groups in total. The number of methoxy groups -OCH3 is 1. The van der Waals surface area contributed by atoms with Crippen molar-refractivity contribution in [3.8, 4) is 5.75 Å². The van der Waals surface area contributed by atoms with Crippen LogP contribution in [0.4, 0.5) is 0 Å². The van der Waals surface area contributed by atoms with Crippen LogP contribution in [0.3, 0.4) is 0 Å². The van der Waals surface area contributed by atoms with E-state index in [4.69, 9.17) is 4.74 Å². The Kier molecular flexibility index (Phi) is 5.23. The number of piperidine rings is 1. The van der Waals surface area contributed by atoms with Crippen molar-refractivity contribution in [1.29, 1.82) is 0 Å². The summed E-state index contributed by atoms with van der Waals surface area (Å²) in [6.07, 6.45) is 2.64. The smallest absolute Gasteiger partial charge is 0.123 e. The van der Waals surface area contributed by atoms with E-state index in [1.807, 2.05) is 13.1 Å². The average molecular weight is 262 g/mol. The van der Waals surface area contributed by atoms with Crippen LogP contribution in [-0.2, 0) is 0 Å². The van der Waals surface area contributed by atoms with Crippen LogP contribution in [-0.4, -0.2) is 38.7 Å². The highest BCUT2D eigenvalue weighted by atomic mass is 16.5. The van der Waals surface area contributed by atoms with Crippen molar-refractivity contribution in [3.05, 3.63) is 29.8 Å². The topological polar surface area (TPSA) is 24.5 Å². The molecule has 0 radical (unpaired) electrons. The van der Waals surface area contributed by atoms with Crippen molar-refractivity contribution in [2.45, 2.75) is 25.8 Å². The van der Waals surface area contributed by atoms with Gasteiger partial charge in [-0.25, -0.2) is 0 Å². The van der Waals surface area contributed by atoms with Crippen LogP contribution in [0.5, 0.6) is 5.75 Å². The van der Waals surface area contributed by atoms with Crippen molar-refractivity contribution >= 4 is 0 Å². The van der Waals surface area contributed by atoms with E-state index in [9.17, 15) is 0 Å². The lowest BCUT2D eigenvalue weighted by atomic mass is 9.95. The van der Waals surface area contributed by atoms with E-state index in [0.717, 1.165) is 18.2 Å². The number of benzene rings is 1. The monoisotopic (exact) mass is 262 g/mol. The Labute approximate surface area is 116 Å². The first-order chi connectivity index (χ1) is 9.26. The molecule has 106 valence electrons. The molecule has 0 saturated carbocycles. The molecule has 1 heterocycles. The highest BCUT2D eigenvalue weighted by Gasteiger charge is 2.25. The third-order valence-corrected chi connectivity index (χ3v) is 4.18. The van der Waals surface area contributed by atoms with Crippen LogP contribution in [0.25, 0.3) is 0 Å². The van der Waals surface area contributed by atoms with E-state index in [1.165, 1.54) is 31.5 Å². The van der Waals surface area contributed by atoms with Crippen LogP contribution in [0.1, 0.15) is 31.4 Å². The predicted molar refractivity (Wildman–Crippen MR) is 79.6 cm³/mol. The Morgan fingerprint density at radius 2 is 2.21 bits per heavy atom. The molecular formula is C16H26N2O. The summed E-state index contributed by atoms with van der Waals surface area (Å²) in [5.41, 5.74) is 1.30. The number of ether oxygens (including phenoxy) is 1. The molecule has 1 aromatic rings. The average Bonchev–Trinajstić information content (AvgIpc) is 2.47. The van der Waals surface area contributed by atoms with E-state index in [2.05, 4.69) is 35.3 Å². The molecule has 19 heavy (non-hydrogen) atoms. The summed E-state index contributed by atoms with van der Waals surface area (Å²) >= 11 is 0. The van der Waals surface area contributed by atoms with Crippen molar-refractivity contribution in [1.82, 2.24) is 10.2 Å². The molecule has 2 atom stereocenters. The molecule has 0 aliphatic carbocycles. The molecule has 2 rings (SSSR count). The molecule has 0 aromatic heterocycles. The van der Waals surface area contributed by atoms with Gasteiger partial charge in [-0.3, -0.25) is 4.90 Å². The Morgan fingerprint density at radius 1 is 1.42 bits per heavy atom. The number of likely N-dealkylation sites (tertiary alicyclic amines) is 1. The summed E-state index contributed by atoms with van der Waals surface area (Å²) in [4.78, 5) is 2.59. The molecule has 0 bridgehead atoms. The minimum absolute atomic E-state index is 0.427. The SMILES string of the molecule is CNCC1CCCN(C(C)c2ccccc2OC)C1. The van der Waals surface area contributed by atoms with Gasteiger partial charge in [0.15, 0.2) is 0 Å². The van der Waals surface area contributed by atoms with Gasteiger partial charge in [-0.1, -0.05) is 18.2 Å². The van der Waals surface area contributed by atoms with Gasteiger partial charge >= 0.3 is 0 Å². The number of nitrogens with zero attached hydrogens (tertiary/aromatic N) is 1. The van der Waals surface area contributed by atoms with Crippen LogP contribution < -0.4 is 10.1 Å². The first-order valence-corrected chi connectivity index (χ1v) is 7.27. The van der Waals surface area contributed by atoms with Crippen LogP contribution in [0.15, 0.2) is 24.3 Å². The number of nitrogens with one attached hydrogen (secondary N) is 1. The molecule has 1 aromatic carbocycles. The normalized spacial score (nSPS) is 22.2. The quantitative estimate of drug-likeness (QED) is 0.883. The predicted octanol–water partition coefficient (Wildman–Crippen LogP) is 2.69. The summed E-state index contributed by atoms with van der Waals surface area (Å²) in [5.74, 6) is 1.78. The van der Waals surface area contributed by atoms with Crippen molar-refractivity contribution in [3.63, 3.8) is 0 Å². The van der Waals surface area contributed by atoms with Crippen LogP contribution >= 0.6 is 0 Å². The van der Waals surface area contributed by atoms with Crippen molar-refractivity contribution in [2.24, 2.45) is 5.92 Å². The molecule has 1 saturated heterocycles. The molecular weight excluding hydrogens is 236 g/mol. The number of rotatable bonds is 5. The Balaban J connectivity index is 2.07. The lowest BCUT2D eigenvalue weighted by molar-refractivity contribution is 0.130. The zero-order valence-corrected chi connectivity index (χ0v) is 12.4. The first kappa shape index (κ1) is 14.4.